The van der Waals surface area contributed by atoms with E-state index in [1.165, 1.54) is 0 Å². The number of sulfone groups is 1. The molecule has 2 aromatic carbocycles. The summed E-state index contributed by atoms with van der Waals surface area (Å²) in [5.41, 5.74) is 4.08. The molecular weight excluding hydrogens is 363 g/mol. The average molecular weight is 386 g/mol. The van der Waals surface area contributed by atoms with Gasteiger partial charge in [-0.2, -0.15) is 0 Å². The Morgan fingerprint density at radius 1 is 0.846 bits per heavy atom. The molecule has 3 nitrogen and oxygen atoms in total. The minimum absolute atomic E-state index is 0.0701. The lowest BCUT2D eigenvalue weighted by Gasteiger charge is -2.21. The molecule has 1 aliphatic carbocycles. The Bertz CT molecular complexity index is 935. The number of hydrogen-bond donors (Lipinski definition) is 0. The van der Waals surface area contributed by atoms with Gasteiger partial charge in [0, 0.05) is 16.9 Å². The lowest BCUT2D eigenvalue weighted by molar-refractivity contribution is 0.588. The summed E-state index contributed by atoms with van der Waals surface area (Å²) in [4.78, 5) is 0. The molecule has 0 unspecified atom stereocenters. The first kappa shape index (κ1) is 18.9. The summed E-state index contributed by atoms with van der Waals surface area (Å²) in [5.74, 6) is 0. The molecule has 0 bridgehead atoms. The van der Waals surface area contributed by atoms with E-state index in [-0.39, 0.29) is 4.65 Å². The topological polar surface area (TPSA) is 51.2 Å². The monoisotopic (exact) mass is 386 g/mol. The zero-order valence-electron chi connectivity index (χ0n) is 14.9. The van der Waals surface area contributed by atoms with Gasteiger partial charge in [-0.25, -0.2) is 8.42 Å². The maximum Gasteiger partial charge on any atom is 0.189 e. The molecule has 0 atom stereocenters. The Labute approximate surface area is 155 Å². The lowest BCUT2D eigenvalue weighted by atomic mass is 9.96. The smallest absolute Gasteiger partial charge is 0.189 e. The van der Waals surface area contributed by atoms with Crippen LogP contribution in [-0.2, 0) is 14.4 Å². The molecule has 1 aliphatic rings. The maximum atomic E-state index is 14.3. The lowest BCUT2D eigenvalue weighted by Crippen LogP contribution is -2.20. The van der Waals surface area contributed by atoms with Crippen LogP contribution in [0.15, 0.2) is 76.6 Å². The van der Waals surface area contributed by atoms with Crippen molar-refractivity contribution in [3.05, 3.63) is 76.6 Å². The molecule has 5 heteroatoms. The fourth-order valence-corrected chi connectivity index (χ4v) is 8.42. The summed E-state index contributed by atoms with van der Waals surface area (Å²) in [6, 6.07) is 17.8. The van der Waals surface area contributed by atoms with Crippen LogP contribution in [0.2, 0.25) is 0 Å². The SMILES string of the molecule is CS(=O)(=O)C(=C=C1CCCCC1)P(=O)(c1ccccc1)c1ccccc1. The molecule has 26 heavy (non-hydrogen) atoms. The van der Waals surface area contributed by atoms with Crippen LogP contribution < -0.4 is 10.6 Å². The Kier molecular flexibility index (Phi) is 5.67. The van der Waals surface area contributed by atoms with Gasteiger partial charge in [0.15, 0.2) is 21.6 Å². The summed E-state index contributed by atoms with van der Waals surface area (Å²) >= 11 is 0. The van der Waals surface area contributed by atoms with Gasteiger partial charge in [-0.05, 0) is 31.3 Å². The second-order valence-corrected chi connectivity index (χ2v) is 11.6. The Hall–Kier alpha value is -1.86. The third kappa shape index (κ3) is 3.94. The molecule has 0 heterocycles. The molecule has 0 N–H and O–H groups in total. The molecule has 0 spiro atoms. The van der Waals surface area contributed by atoms with Gasteiger partial charge in [-0.1, -0.05) is 72.8 Å². The molecular formula is C21H23O3PS. The summed E-state index contributed by atoms with van der Waals surface area (Å²) in [6.07, 6.45) is 5.98. The molecule has 1 saturated carbocycles. The largest absolute Gasteiger partial charge is 0.307 e. The van der Waals surface area contributed by atoms with Gasteiger partial charge in [0.25, 0.3) is 0 Å². The highest BCUT2D eigenvalue weighted by Crippen LogP contribution is 2.53. The van der Waals surface area contributed by atoms with Crippen molar-refractivity contribution in [2.45, 2.75) is 32.1 Å². The fraction of sp³-hybridized carbons (Fsp3) is 0.286. The van der Waals surface area contributed by atoms with Gasteiger partial charge >= 0.3 is 0 Å². The van der Waals surface area contributed by atoms with E-state index in [1.54, 1.807) is 48.5 Å². The van der Waals surface area contributed by atoms with Crippen molar-refractivity contribution >= 4 is 27.6 Å². The van der Waals surface area contributed by atoms with Crippen LogP contribution in [0.25, 0.3) is 0 Å². The van der Waals surface area contributed by atoms with Crippen LogP contribution >= 0.6 is 7.14 Å². The summed E-state index contributed by atoms with van der Waals surface area (Å²) in [7, 11) is -7.22. The van der Waals surface area contributed by atoms with Gasteiger partial charge in [-0.3, -0.25) is 0 Å². The van der Waals surface area contributed by atoms with E-state index >= 15 is 0 Å². The first-order valence-corrected chi connectivity index (χ1v) is 12.4. The predicted octanol–water partition coefficient (Wildman–Crippen LogP) is 4.38. The highest BCUT2D eigenvalue weighted by molar-refractivity contribution is 8.07. The zero-order chi connectivity index (χ0) is 18.6. The van der Waals surface area contributed by atoms with Crippen LogP contribution in [-0.4, -0.2) is 14.7 Å². The van der Waals surface area contributed by atoms with Gasteiger partial charge in [0.1, 0.15) is 0 Å². The van der Waals surface area contributed by atoms with E-state index < -0.39 is 17.0 Å². The summed E-state index contributed by atoms with van der Waals surface area (Å²) < 4.78 is 39.7. The van der Waals surface area contributed by atoms with Crippen molar-refractivity contribution in [3.8, 4) is 0 Å². The van der Waals surface area contributed by atoms with Crippen molar-refractivity contribution in [1.82, 2.24) is 0 Å². The molecule has 0 aliphatic heterocycles. The molecule has 2 aromatic rings. The van der Waals surface area contributed by atoms with Gasteiger partial charge < -0.3 is 4.57 Å². The minimum Gasteiger partial charge on any atom is -0.307 e. The molecule has 1 fully saturated rings. The standard InChI is InChI=1S/C21H23O3PS/c1-26(23,24)21(17-18-11-5-2-6-12-18)25(22,19-13-7-3-8-14-19)20-15-9-4-10-16-20/h3-4,7-10,13-16H,2,5-6,11-12H2,1H3. The Morgan fingerprint density at radius 3 is 1.73 bits per heavy atom. The number of benzene rings is 2. The zero-order valence-corrected chi connectivity index (χ0v) is 16.6. The predicted molar refractivity (Wildman–Crippen MR) is 108 cm³/mol. The summed E-state index contributed by atoms with van der Waals surface area (Å²) in [5, 5.41) is 1.05. The normalized spacial score (nSPS) is 15.3. The van der Waals surface area contributed by atoms with E-state index in [2.05, 4.69) is 5.73 Å². The van der Waals surface area contributed by atoms with Crippen LogP contribution in [0.3, 0.4) is 0 Å². The van der Waals surface area contributed by atoms with Gasteiger partial charge in [-0.15, -0.1) is 0 Å². The quantitative estimate of drug-likeness (QED) is 0.579. The van der Waals surface area contributed by atoms with Gasteiger partial charge in [0.05, 0.1) is 0 Å². The highest BCUT2D eigenvalue weighted by Gasteiger charge is 2.38. The first-order valence-electron chi connectivity index (χ1n) is 8.83. The van der Waals surface area contributed by atoms with Gasteiger partial charge in [0.2, 0.25) is 0 Å². The molecule has 0 radical (unpaired) electrons. The molecule has 136 valence electrons. The van der Waals surface area contributed by atoms with Crippen molar-refractivity contribution < 1.29 is 13.0 Å². The second kappa shape index (κ2) is 7.80. The molecule has 3 rings (SSSR count). The van der Waals surface area contributed by atoms with E-state index in [4.69, 9.17) is 0 Å². The average Bonchev–Trinajstić information content (AvgIpc) is 2.67. The molecule has 0 aromatic heterocycles. The Balaban J connectivity index is 2.35. The van der Waals surface area contributed by atoms with E-state index in [1.807, 2.05) is 12.1 Å². The van der Waals surface area contributed by atoms with Crippen LogP contribution in [0.1, 0.15) is 32.1 Å². The van der Waals surface area contributed by atoms with E-state index in [0.29, 0.717) is 10.6 Å². The molecule has 0 amide bonds. The van der Waals surface area contributed by atoms with Crippen LogP contribution in [0.4, 0.5) is 0 Å². The fourth-order valence-electron chi connectivity index (χ4n) is 3.32. The van der Waals surface area contributed by atoms with Crippen molar-refractivity contribution in [3.63, 3.8) is 0 Å². The molecule has 0 saturated heterocycles. The van der Waals surface area contributed by atoms with E-state index in [9.17, 15) is 13.0 Å². The third-order valence-electron chi connectivity index (χ3n) is 4.62. The van der Waals surface area contributed by atoms with E-state index in [0.717, 1.165) is 43.9 Å². The van der Waals surface area contributed by atoms with Crippen LogP contribution in [0.5, 0.6) is 0 Å². The number of allylic oxidation sites excluding steroid dienone is 1. The number of rotatable bonds is 4. The second-order valence-electron chi connectivity index (χ2n) is 6.65. The van der Waals surface area contributed by atoms with Crippen molar-refractivity contribution in [2.24, 2.45) is 0 Å². The minimum atomic E-state index is -3.70. The Morgan fingerprint density at radius 2 is 1.31 bits per heavy atom. The number of hydrogen-bond acceptors (Lipinski definition) is 3. The maximum absolute atomic E-state index is 14.3. The van der Waals surface area contributed by atoms with Crippen molar-refractivity contribution in [1.29, 1.82) is 0 Å². The first-order chi connectivity index (χ1) is 12.4. The van der Waals surface area contributed by atoms with Crippen LogP contribution in [0, 0.1) is 0 Å². The summed E-state index contributed by atoms with van der Waals surface area (Å²) in [6.45, 7) is 0. The van der Waals surface area contributed by atoms with Crippen molar-refractivity contribution in [2.75, 3.05) is 6.26 Å². The third-order valence-corrected chi connectivity index (χ3v) is 9.92. The highest BCUT2D eigenvalue weighted by atomic mass is 32.2.